The third kappa shape index (κ3) is 14.9. The van der Waals surface area contributed by atoms with E-state index in [1.54, 1.807) is 12.1 Å². The van der Waals surface area contributed by atoms with Crippen LogP contribution in [-0.4, -0.2) is 52.7 Å². The summed E-state index contributed by atoms with van der Waals surface area (Å²) in [6, 6.07) is 18.8. The molecule has 7 nitrogen and oxygen atoms in total. The summed E-state index contributed by atoms with van der Waals surface area (Å²) < 4.78 is 31.4. The van der Waals surface area contributed by atoms with E-state index in [1.165, 1.54) is 24.1 Å². The van der Waals surface area contributed by atoms with Crippen LogP contribution in [0.5, 0.6) is 5.75 Å². The van der Waals surface area contributed by atoms with Gasteiger partial charge in [0.25, 0.3) is 0 Å². The molecule has 0 aliphatic carbocycles. The zero-order chi connectivity index (χ0) is 31.3. The molecule has 5 N–H and O–H groups in total. The van der Waals surface area contributed by atoms with E-state index in [0.717, 1.165) is 76.5 Å². The number of carbonyl (C=O) groups is 1. The highest BCUT2D eigenvalue weighted by atomic mass is 19.1. The average molecular weight is 600 g/mol. The Balaban J connectivity index is 0.000000413. The van der Waals surface area contributed by atoms with Crippen LogP contribution < -0.4 is 5.32 Å². The first kappa shape index (κ1) is 35.6. The smallest absolute Gasteiger partial charge is 0.328 e. The number of halogens is 2. The lowest BCUT2D eigenvalue weighted by Crippen LogP contribution is -2.22. The highest BCUT2D eigenvalue weighted by molar-refractivity contribution is 5.85. The number of hydrogen-bond acceptors (Lipinski definition) is 6. The summed E-state index contributed by atoms with van der Waals surface area (Å²) in [5, 5.41) is 40.5. The third-order valence-electron chi connectivity index (χ3n) is 6.63. The van der Waals surface area contributed by atoms with Gasteiger partial charge in [0, 0.05) is 37.0 Å². The van der Waals surface area contributed by atoms with Gasteiger partial charge in [0.2, 0.25) is 0 Å². The van der Waals surface area contributed by atoms with E-state index < -0.39 is 23.7 Å². The molecule has 3 aromatic rings. The number of aromatic hydroxyl groups is 1. The van der Waals surface area contributed by atoms with Gasteiger partial charge in [-0.15, -0.1) is 0 Å². The first-order valence-electron chi connectivity index (χ1n) is 14.6. The van der Waals surface area contributed by atoms with Gasteiger partial charge in [-0.05, 0) is 80.1 Å². The van der Waals surface area contributed by atoms with Gasteiger partial charge in [0.05, 0.1) is 12.7 Å². The van der Waals surface area contributed by atoms with E-state index >= 15 is 0 Å². The highest BCUT2D eigenvalue weighted by Crippen LogP contribution is 2.22. The van der Waals surface area contributed by atoms with Crippen LogP contribution in [0.4, 0.5) is 8.78 Å². The molecule has 0 saturated heterocycles. The van der Waals surface area contributed by atoms with Gasteiger partial charge >= 0.3 is 5.97 Å². The maximum atomic E-state index is 12.8. The Morgan fingerprint density at radius 3 is 2.23 bits per heavy atom. The second-order valence-corrected chi connectivity index (χ2v) is 10.0. The lowest BCUT2D eigenvalue weighted by atomic mass is 10.1. The largest absolute Gasteiger partial charge is 0.508 e. The standard InChI is InChI=1S/C25H37NO4.C9H6F2O2/c27-20-23-18-22(13-14-24(23)28)25(29)19-26-15-7-1-2-8-16-30-17-9-6-12-21-10-4-3-5-11-21;10-7-2-1-3-8(11)6(7)4-5-9(12)13/h3-5,10-11,13-14,18,25-29H,1-2,6-9,12,15-17,19-20H2;1-5H,(H,12,13)/b;5-4+. The number of hydrogen-bond donors (Lipinski definition) is 5. The van der Waals surface area contributed by atoms with Crippen LogP contribution in [0.25, 0.3) is 6.08 Å². The van der Waals surface area contributed by atoms with Crippen molar-refractivity contribution >= 4 is 12.0 Å². The first-order valence-corrected chi connectivity index (χ1v) is 14.6. The van der Waals surface area contributed by atoms with Crippen molar-refractivity contribution in [2.24, 2.45) is 0 Å². The molecule has 3 rings (SSSR count). The molecule has 234 valence electrons. The topological polar surface area (TPSA) is 119 Å². The maximum Gasteiger partial charge on any atom is 0.328 e. The van der Waals surface area contributed by atoms with Crippen molar-refractivity contribution in [1.29, 1.82) is 0 Å². The van der Waals surface area contributed by atoms with E-state index in [9.17, 15) is 28.9 Å². The second kappa shape index (κ2) is 21.1. The van der Waals surface area contributed by atoms with E-state index in [2.05, 4.69) is 35.6 Å². The zero-order valence-corrected chi connectivity index (χ0v) is 24.4. The lowest BCUT2D eigenvalue weighted by Gasteiger charge is -2.14. The maximum absolute atomic E-state index is 12.8. The molecule has 0 aromatic heterocycles. The number of unbranched alkanes of at least 4 members (excludes halogenated alkanes) is 4. The van der Waals surface area contributed by atoms with Crippen molar-refractivity contribution < 1.29 is 38.7 Å². The Morgan fingerprint density at radius 2 is 1.56 bits per heavy atom. The number of aliphatic carboxylic acids is 1. The summed E-state index contributed by atoms with van der Waals surface area (Å²) in [7, 11) is 0. The number of ether oxygens (including phenoxy) is 1. The number of aryl methyl sites for hydroxylation is 1. The number of aliphatic hydroxyl groups excluding tert-OH is 2. The summed E-state index contributed by atoms with van der Waals surface area (Å²) in [5.41, 5.74) is 2.19. The molecule has 0 aliphatic rings. The fourth-order valence-corrected chi connectivity index (χ4v) is 4.21. The van der Waals surface area contributed by atoms with Gasteiger partial charge in [0.1, 0.15) is 17.4 Å². The minimum absolute atomic E-state index is 0.0533. The second-order valence-electron chi connectivity index (χ2n) is 10.0. The number of benzene rings is 3. The van der Waals surface area contributed by atoms with Crippen LogP contribution in [0.15, 0.2) is 72.8 Å². The van der Waals surface area contributed by atoms with Gasteiger partial charge in [0.15, 0.2) is 0 Å². The van der Waals surface area contributed by atoms with Crippen molar-refractivity contribution in [1.82, 2.24) is 5.32 Å². The number of rotatable bonds is 18. The summed E-state index contributed by atoms with van der Waals surface area (Å²) in [4.78, 5) is 10.1. The Morgan fingerprint density at radius 1 is 0.884 bits per heavy atom. The molecule has 0 fully saturated rings. The van der Waals surface area contributed by atoms with Gasteiger partial charge < -0.3 is 30.5 Å². The molecule has 0 amide bonds. The zero-order valence-electron chi connectivity index (χ0n) is 24.4. The number of nitrogens with one attached hydrogen (secondary N) is 1. The van der Waals surface area contributed by atoms with Gasteiger partial charge in [-0.25, -0.2) is 13.6 Å². The molecule has 0 saturated carbocycles. The number of carboxylic acids is 1. The third-order valence-corrected chi connectivity index (χ3v) is 6.63. The summed E-state index contributed by atoms with van der Waals surface area (Å²) >= 11 is 0. The van der Waals surface area contributed by atoms with Crippen molar-refractivity contribution in [2.45, 2.75) is 57.7 Å². The normalized spacial score (nSPS) is 11.7. The Kier molecular flexibility index (Phi) is 17.5. The number of carboxylic acid groups (broad SMARTS) is 1. The highest BCUT2D eigenvalue weighted by Gasteiger charge is 2.10. The van der Waals surface area contributed by atoms with Gasteiger partial charge in [-0.1, -0.05) is 55.3 Å². The van der Waals surface area contributed by atoms with Crippen LogP contribution in [0, 0.1) is 11.6 Å². The number of phenols is 1. The molecule has 1 unspecified atom stereocenters. The molecule has 43 heavy (non-hydrogen) atoms. The minimum atomic E-state index is -1.25. The molecule has 0 aliphatic heterocycles. The monoisotopic (exact) mass is 599 g/mol. The van der Waals surface area contributed by atoms with Crippen LogP contribution in [0.2, 0.25) is 0 Å². The molecule has 0 heterocycles. The summed E-state index contributed by atoms with van der Waals surface area (Å²) in [6.45, 7) is 2.77. The molecule has 0 radical (unpaired) electrons. The molecule has 0 bridgehead atoms. The van der Waals surface area contributed by atoms with Crippen LogP contribution >= 0.6 is 0 Å². The van der Waals surface area contributed by atoms with Crippen LogP contribution in [0.1, 0.15) is 66.9 Å². The van der Waals surface area contributed by atoms with Crippen molar-refractivity contribution in [2.75, 3.05) is 26.3 Å². The van der Waals surface area contributed by atoms with Crippen molar-refractivity contribution in [3.63, 3.8) is 0 Å². The average Bonchev–Trinajstić information content (AvgIpc) is 3.00. The molecule has 0 spiro atoms. The molecule has 9 heteroatoms. The lowest BCUT2D eigenvalue weighted by molar-refractivity contribution is -0.131. The molecule has 3 aromatic carbocycles. The Bertz CT molecular complexity index is 1220. The minimum Gasteiger partial charge on any atom is -0.508 e. The van der Waals surface area contributed by atoms with E-state index in [4.69, 9.17) is 9.84 Å². The molecular weight excluding hydrogens is 556 g/mol. The van der Waals surface area contributed by atoms with Crippen LogP contribution in [0.3, 0.4) is 0 Å². The fourth-order valence-electron chi connectivity index (χ4n) is 4.21. The van der Waals surface area contributed by atoms with E-state index in [-0.39, 0.29) is 17.9 Å². The Labute approximate surface area is 252 Å². The van der Waals surface area contributed by atoms with Crippen molar-refractivity contribution in [3.05, 3.63) is 107 Å². The quantitative estimate of drug-likeness (QED) is 0.0877. The summed E-state index contributed by atoms with van der Waals surface area (Å²) in [6.07, 6.45) is 8.80. The predicted octanol–water partition coefficient (Wildman–Crippen LogP) is 6.17. The van der Waals surface area contributed by atoms with Crippen LogP contribution in [-0.2, 0) is 22.6 Å². The van der Waals surface area contributed by atoms with Gasteiger partial charge in [-0.2, -0.15) is 0 Å². The number of aliphatic hydroxyl groups is 2. The van der Waals surface area contributed by atoms with E-state index in [0.29, 0.717) is 23.7 Å². The first-order chi connectivity index (χ1) is 20.8. The van der Waals surface area contributed by atoms with Gasteiger partial charge in [-0.3, -0.25) is 0 Å². The predicted molar refractivity (Wildman–Crippen MR) is 164 cm³/mol. The molecule has 1 atom stereocenters. The fraction of sp³-hybridized carbons (Fsp3) is 0.382. The SMILES string of the molecule is O=C(O)/C=C/c1c(F)cccc1F.OCc1cc(C(O)CNCCCCCCOCCCCc2ccccc2)ccc1O. The van der Waals surface area contributed by atoms with Crippen molar-refractivity contribution in [3.8, 4) is 5.75 Å². The Hall–Kier alpha value is -3.63. The van der Waals surface area contributed by atoms with E-state index in [1.807, 2.05) is 0 Å². The summed E-state index contributed by atoms with van der Waals surface area (Å²) in [5.74, 6) is -2.75. The molecular formula is C34H43F2NO6.